The van der Waals surface area contributed by atoms with Crippen molar-refractivity contribution in [3.63, 3.8) is 0 Å². The summed E-state index contributed by atoms with van der Waals surface area (Å²) >= 11 is 0. The highest BCUT2D eigenvalue weighted by molar-refractivity contribution is 5.80. The molecule has 4 heteroatoms. The minimum atomic E-state index is -0.0766. The highest BCUT2D eigenvalue weighted by atomic mass is 16.5. The lowest BCUT2D eigenvalue weighted by molar-refractivity contribution is -0.127. The summed E-state index contributed by atoms with van der Waals surface area (Å²) in [4.78, 5) is 15.1. The van der Waals surface area contributed by atoms with Gasteiger partial charge >= 0.3 is 0 Å². The molecule has 1 atom stereocenters. The molecule has 136 valence electrons. The van der Waals surface area contributed by atoms with Crippen LogP contribution in [0.25, 0.3) is 0 Å². The molecule has 4 rings (SSSR count). The lowest BCUT2D eigenvalue weighted by atomic mass is 9.95. The van der Waals surface area contributed by atoms with E-state index in [4.69, 9.17) is 4.74 Å². The molecule has 0 saturated carbocycles. The first kappa shape index (κ1) is 17.1. The van der Waals surface area contributed by atoms with Crippen molar-refractivity contribution in [1.29, 1.82) is 0 Å². The fourth-order valence-corrected chi connectivity index (χ4v) is 3.89. The number of hydrogen-bond acceptors (Lipinski definition) is 3. The first-order valence-electron chi connectivity index (χ1n) is 9.55. The molecule has 0 spiro atoms. The van der Waals surface area contributed by atoms with Crippen molar-refractivity contribution in [2.24, 2.45) is 5.92 Å². The monoisotopic (exact) mass is 350 g/mol. The number of amides is 1. The van der Waals surface area contributed by atoms with Gasteiger partial charge in [0.1, 0.15) is 12.4 Å². The summed E-state index contributed by atoms with van der Waals surface area (Å²) in [5.74, 6) is 0.985. The van der Waals surface area contributed by atoms with Crippen LogP contribution in [0.2, 0.25) is 0 Å². The van der Waals surface area contributed by atoms with Gasteiger partial charge in [-0.2, -0.15) is 0 Å². The van der Waals surface area contributed by atoms with E-state index in [-0.39, 0.29) is 17.9 Å². The van der Waals surface area contributed by atoms with Crippen molar-refractivity contribution >= 4 is 5.91 Å². The van der Waals surface area contributed by atoms with Crippen molar-refractivity contribution < 1.29 is 9.53 Å². The quantitative estimate of drug-likeness (QED) is 0.922. The van der Waals surface area contributed by atoms with E-state index in [0.29, 0.717) is 6.61 Å². The number of ether oxygens (including phenoxy) is 1. The Bertz CT molecular complexity index is 739. The normalized spacial score (nSPS) is 20.8. The Morgan fingerprint density at radius 1 is 1.04 bits per heavy atom. The molecular formula is C22H26N2O2. The summed E-state index contributed by atoms with van der Waals surface area (Å²) in [7, 11) is 0. The Kier molecular flexibility index (Phi) is 5.21. The molecule has 2 aromatic carbocycles. The van der Waals surface area contributed by atoms with Gasteiger partial charge in [-0.3, -0.25) is 9.69 Å². The molecule has 1 N–H and O–H groups in total. The first-order valence-corrected chi connectivity index (χ1v) is 9.55. The topological polar surface area (TPSA) is 41.6 Å². The van der Waals surface area contributed by atoms with Crippen LogP contribution in [0.1, 0.15) is 24.0 Å². The Morgan fingerprint density at radius 2 is 1.77 bits per heavy atom. The maximum atomic E-state index is 12.6. The number of nitrogens with zero attached hydrogens (tertiary/aromatic N) is 1. The molecule has 1 amide bonds. The van der Waals surface area contributed by atoms with E-state index in [2.05, 4.69) is 46.6 Å². The summed E-state index contributed by atoms with van der Waals surface area (Å²) in [6, 6.07) is 18.9. The fraction of sp³-hybridized carbons (Fsp3) is 0.409. The van der Waals surface area contributed by atoms with Crippen molar-refractivity contribution in [2.45, 2.75) is 31.8 Å². The van der Waals surface area contributed by atoms with Crippen LogP contribution >= 0.6 is 0 Å². The fourth-order valence-electron chi connectivity index (χ4n) is 3.89. The second kappa shape index (κ2) is 7.92. The third-order valence-electron chi connectivity index (χ3n) is 5.43. The largest absolute Gasteiger partial charge is 0.492 e. The van der Waals surface area contributed by atoms with Gasteiger partial charge in [0.2, 0.25) is 5.91 Å². The van der Waals surface area contributed by atoms with Gasteiger partial charge in [-0.15, -0.1) is 0 Å². The first-order chi connectivity index (χ1) is 12.8. The van der Waals surface area contributed by atoms with E-state index in [1.54, 1.807) is 0 Å². The zero-order chi connectivity index (χ0) is 17.8. The van der Waals surface area contributed by atoms with Gasteiger partial charge in [0, 0.05) is 25.7 Å². The molecule has 0 aromatic heterocycles. The van der Waals surface area contributed by atoms with Gasteiger partial charge in [-0.05, 0) is 36.5 Å². The van der Waals surface area contributed by atoms with Gasteiger partial charge in [-0.1, -0.05) is 48.5 Å². The number of nitrogens with one attached hydrogen (secondary N) is 1. The number of likely N-dealkylation sites (tertiary alicyclic amines) is 1. The van der Waals surface area contributed by atoms with E-state index >= 15 is 0 Å². The van der Waals surface area contributed by atoms with Crippen molar-refractivity contribution in [3.8, 4) is 5.75 Å². The average Bonchev–Trinajstić information content (AvgIpc) is 2.70. The van der Waals surface area contributed by atoms with Gasteiger partial charge in [0.15, 0.2) is 0 Å². The number of para-hydroxylation sites is 1. The van der Waals surface area contributed by atoms with Crippen LogP contribution in [0.3, 0.4) is 0 Å². The van der Waals surface area contributed by atoms with Gasteiger partial charge in [0.25, 0.3) is 0 Å². The van der Waals surface area contributed by atoms with E-state index in [1.165, 1.54) is 5.56 Å². The molecule has 1 saturated heterocycles. The summed E-state index contributed by atoms with van der Waals surface area (Å²) in [5, 5.41) is 3.26. The molecule has 2 aromatic rings. The van der Waals surface area contributed by atoms with Crippen LogP contribution in [0.15, 0.2) is 54.6 Å². The SMILES string of the molecule is O=C(NC1CCN(Cc2ccccc2)CC1)C1COc2ccccc2C1. The summed E-state index contributed by atoms with van der Waals surface area (Å²) in [6.07, 6.45) is 2.81. The van der Waals surface area contributed by atoms with Crippen LogP contribution in [0.5, 0.6) is 5.75 Å². The van der Waals surface area contributed by atoms with E-state index in [9.17, 15) is 4.79 Å². The number of hydrogen-bond donors (Lipinski definition) is 1. The molecule has 2 aliphatic rings. The van der Waals surface area contributed by atoms with Crippen LogP contribution in [-0.2, 0) is 17.8 Å². The predicted octanol–water partition coefficient (Wildman–Crippen LogP) is 3.02. The maximum absolute atomic E-state index is 12.6. The Hall–Kier alpha value is -2.33. The maximum Gasteiger partial charge on any atom is 0.227 e. The number of benzene rings is 2. The van der Waals surface area contributed by atoms with Crippen molar-refractivity contribution in [1.82, 2.24) is 10.2 Å². The molecule has 0 bridgehead atoms. The molecule has 1 unspecified atom stereocenters. The van der Waals surface area contributed by atoms with Gasteiger partial charge in [0.05, 0.1) is 5.92 Å². The molecule has 2 heterocycles. The number of carbonyl (C=O) groups excluding carboxylic acids is 1. The Morgan fingerprint density at radius 3 is 2.58 bits per heavy atom. The van der Waals surface area contributed by atoms with Gasteiger partial charge < -0.3 is 10.1 Å². The number of rotatable bonds is 4. The molecular weight excluding hydrogens is 324 g/mol. The van der Waals surface area contributed by atoms with E-state index in [1.807, 2.05) is 18.2 Å². The Balaban J connectivity index is 1.25. The molecule has 4 nitrogen and oxygen atoms in total. The van der Waals surface area contributed by atoms with E-state index < -0.39 is 0 Å². The Labute approximate surface area is 155 Å². The third kappa shape index (κ3) is 4.07. The summed E-state index contributed by atoms with van der Waals surface area (Å²) < 4.78 is 5.76. The number of piperidine rings is 1. The van der Waals surface area contributed by atoms with Crippen LogP contribution in [0.4, 0.5) is 0 Å². The zero-order valence-corrected chi connectivity index (χ0v) is 15.1. The second-order valence-electron chi connectivity index (χ2n) is 7.36. The van der Waals surface area contributed by atoms with Crippen LogP contribution < -0.4 is 10.1 Å². The highest BCUT2D eigenvalue weighted by Gasteiger charge is 2.28. The van der Waals surface area contributed by atoms with Crippen molar-refractivity contribution in [2.75, 3.05) is 19.7 Å². The smallest absolute Gasteiger partial charge is 0.227 e. The summed E-state index contributed by atoms with van der Waals surface area (Å²) in [6.45, 7) is 3.54. The molecule has 2 aliphatic heterocycles. The standard InChI is InChI=1S/C22H26N2O2/c25-22(19-14-18-8-4-5-9-21(18)26-16-19)23-20-10-12-24(13-11-20)15-17-6-2-1-3-7-17/h1-9,19-20H,10-16H2,(H,23,25). The minimum Gasteiger partial charge on any atom is -0.492 e. The highest BCUT2D eigenvalue weighted by Crippen LogP contribution is 2.27. The zero-order valence-electron chi connectivity index (χ0n) is 15.1. The number of carbonyl (C=O) groups is 1. The molecule has 26 heavy (non-hydrogen) atoms. The van der Waals surface area contributed by atoms with Crippen molar-refractivity contribution in [3.05, 3.63) is 65.7 Å². The van der Waals surface area contributed by atoms with Gasteiger partial charge in [-0.25, -0.2) is 0 Å². The van der Waals surface area contributed by atoms with Crippen LogP contribution in [-0.4, -0.2) is 36.5 Å². The summed E-state index contributed by atoms with van der Waals surface area (Å²) in [5.41, 5.74) is 2.49. The molecule has 0 aliphatic carbocycles. The molecule has 0 radical (unpaired) electrons. The minimum absolute atomic E-state index is 0.0766. The number of fused-ring (bicyclic) bond motifs is 1. The van der Waals surface area contributed by atoms with E-state index in [0.717, 1.165) is 50.2 Å². The average molecular weight is 350 g/mol. The predicted molar refractivity (Wildman–Crippen MR) is 102 cm³/mol. The lowest BCUT2D eigenvalue weighted by Gasteiger charge is -2.33. The molecule has 1 fully saturated rings. The van der Waals surface area contributed by atoms with Crippen LogP contribution in [0, 0.1) is 5.92 Å². The lowest BCUT2D eigenvalue weighted by Crippen LogP contribution is -2.47. The third-order valence-corrected chi connectivity index (χ3v) is 5.43. The second-order valence-corrected chi connectivity index (χ2v) is 7.36.